The van der Waals surface area contributed by atoms with E-state index in [2.05, 4.69) is 15.3 Å². The monoisotopic (exact) mass is 301 g/mol. The first-order valence-corrected chi connectivity index (χ1v) is 6.78. The van der Waals surface area contributed by atoms with Crippen LogP contribution in [0.3, 0.4) is 0 Å². The summed E-state index contributed by atoms with van der Waals surface area (Å²) < 4.78 is 4.64. The van der Waals surface area contributed by atoms with E-state index in [1.807, 2.05) is 13.0 Å². The first kappa shape index (κ1) is 14.2. The fraction of sp³-hybridized carbons (Fsp3) is 0.333. The van der Waals surface area contributed by atoms with Crippen molar-refractivity contribution >= 4 is 29.2 Å². The molecule has 0 aromatic heterocycles. The quantitative estimate of drug-likeness (QED) is 0.630. The van der Waals surface area contributed by atoms with Gasteiger partial charge < -0.3 is 4.74 Å². The predicted octanol–water partition coefficient (Wildman–Crippen LogP) is 0.375. The van der Waals surface area contributed by atoms with Crippen LogP contribution in [-0.2, 0) is 19.1 Å². The average Bonchev–Trinajstić information content (AvgIpc) is 2.93. The summed E-state index contributed by atoms with van der Waals surface area (Å²) in [7, 11) is 1.21. The molecule has 1 saturated heterocycles. The van der Waals surface area contributed by atoms with Crippen LogP contribution in [-0.4, -0.2) is 36.1 Å². The van der Waals surface area contributed by atoms with Crippen LogP contribution in [0.15, 0.2) is 29.4 Å². The van der Waals surface area contributed by atoms with Gasteiger partial charge in [-0.25, -0.2) is 9.69 Å². The topological polar surface area (TPSA) is 88.1 Å². The van der Waals surface area contributed by atoms with E-state index in [4.69, 9.17) is 0 Å². The van der Waals surface area contributed by atoms with Crippen molar-refractivity contribution in [2.24, 2.45) is 11.0 Å². The Morgan fingerprint density at radius 2 is 2.14 bits per heavy atom. The lowest BCUT2D eigenvalue weighted by atomic mass is 9.86. The highest BCUT2D eigenvalue weighted by atomic mass is 16.5. The molecule has 0 saturated carbocycles. The van der Waals surface area contributed by atoms with E-state index >= 15 is 0 Å². The van der Waals surface area contributed by atoms with E-state index in [0.717, 1.165) is 10.5 Å². The highest BCUT2D eigenvalue weighted by Gasteiger charge is 2.63. The Hall–Kier alpha value is -2.70. The van der Waals surface area contributed by atoms with Crippen molar-refractivity contribution in [1.82, 2.24) is 5.43 Å². The zero-order valence-corrected chi connectivity index (χ0v) is 12.4. The molecule has 1 fully saturated rings. The number of carbonyl (C=O) groups excluding carboxylic acids is 3. The largest absolute Gasteiger partial charge is 0.464 e. The van der Waals surface area contributed by atoms with Crippen LogP contribution >= 0.6 is 0 Å². The second-order valence-corrected chi connectivity index (χ2v) is 5.55. The molecule has 22 heavy (non-hydrogen) atoms. The van der Waals surface area contributed by atoms with E-state index < -0.39 is 29.2 Å². The van der Waals surface area contributed by atoms with E-state index in [1.54, 1.807) is 25.1 Å². The van der Waals surface area contributed by atoms with Crippen LogP contribution in [0.5, 0.6) is 0 Å². The lowest BCUT2D eigenvalue weighted by Gasteiger charge is -2.20. The van der Waals surface area contributed by atoms with Crippen LogP contribution in [0.4, 0.5) is 5.69 Å². The molecule has 2 aliphatic heterocycles. The van der Waals surface area contributed by atoms with Crippen LogP contribution in [0.25, 0.3) is 0 Å². The first-order chi connectivity index (χ1) is 10.4. The summed E-state index contributed by atoms with van der Waals surface area (Å²) in [5.41, 5.74) is 2.71. The Morgan fingerprint density at radius 3 is 2.77 bits per heavy atom. The minimum atomic E-state index is -1.26. The molecule has 2 amide bonds. The Balaban J connectivity index is 2.05. The lowest BCUT2D eigenvalue weighted by Crippen LogP contribution is -2.48. The van der Waals surface area contributed by atoms with Crippen molar-refractivity contribution in [3.8, 4) is 0 Å². The lowest BCUT2D eigenvalue weighted by molar-refractivity contribution is -0.133. The molecule has 2 heterocycles. The molecule has 1 aromatic rings. The molecule has 0 unspecified atom stereocenters. The van der Waals surface area contributed by atoms with Crippen LogP contribution in [0.2, 0.25) is 0 Å². The van der Waals surface area contributed by atoms with Crippen LogP contribution in [0.1, 0.15) is 12.5 Å². The predicted molar refractivity (Wildman–Crippen MR) is 78.2 cm³/mol. The number of esters is 1. The Bertz CT molecular complexity index is 727. The van der Waals surface area contributed by atoms with Gasteiger partial charge in [0.15, 0.2) is 5.71 Å². The molecule has 1 aromatic carbocycles. The molecule has 0 bridgehead atoms. The number of nitrogens with zero attached hydrogens (tertiary/aromatic N) is 2. The SMILES string of the molecule is COC(=O)C1=NN[C@@]2(C)C(=O)N(c3cccc(C)c3)C(=O)[C@H]12. The van der Waals surface area contributed by atoms with Gasteiger partial charge in [-0.15, -0.1) is 0 Å². The number of amides is 2. The van der Waals surface area contributed by atoms with Gasteiger partial charge in [0, 0.05) is 0 Å². The number of imide groups is 1. The fourth-order valence-corrected chi connectivity index (χ4v) is 2.86. The number of hydrazone groups is 1. The van der Waals surface area contributed by atoms with Gasteiger partial charge in [0.2, 0.25) is 5.91 Å². The molecular weight excluding hydrogens is 286 g/mol. The van der Waals surface area contributed by atoms with Crippen molar-refractivity contribution in [1.29, 1.82) is 0 Å². The summed E-state index contributed by atoms with van der Waals surface area (Å²) in [5.74, 6) is -2.61. The average molecular weight is 301 g/mol. The normalized spacial score (nSPS) is 26.6. The van der Waals surface area contributed by atoms with Gasteiger partial charge in [0.1, 0.15) is 11.5 Å². The van der Waals surface area contributed by atoms with E-state index in [9.17, 15) is 14.4 Å². The van der Waals surface area contributed by atoms with Crippen molar-refractivity contribution < 1.29 is 19.1 Å². The molecule has 3 rings (SSSR count). The van der Waals surface area contributed by atoms with Crippen molar-refractivity contribution in [2.75, 3.05) is 12.0 Å². The number of hydrogen-bond donors (Lipinski definition) is 1. The van der Waals surface area contributed by atoms with E-state index in [0.29, 0.717) is 5.69 Å². The molecule has 7 nitrogen and oxygen atoms in total. The molecule has 0 aliphatic carbocycles. The molecule has 7 heteroatoms. The maximum Gasteiger partial charge on any atom is 0.355 e. The highest BCUT2D eigenvalue weighted by molar-refractivity contribution is 6.47. The van der Waals surface area contributed by atoms with E-state index in [-0.39, 0.29) is 5.71 Å². The highest BCUT2D eigenvalue weighted by Crippen LogP contribution is 2.38. The molecule has 2 atom stereocenters. The molecule has 1 N–H and O–H groups in total. The van der Waals surface area contributed by atoms with Gasteiger partial charge in [0.25, 0.3) is 5.91 Å². The third-order valence-electron chi connectivity index (χ3n) is 4.03. The number of carbonyl (C=O) groups is 3. The third kappa shape index (κ3) is 1.75. The summed E-state index contributed by atoms with van der Waals surface area (Å²) in [5, 5.41) is 3.83. The summed E-state index contributed by atoms with van der Waals surface area (Å²) in [4.78, 5) is 38.3. The Morgan fingerprint density at radius 1 is 1.41 bits per heavy atom. The number of ether oxygens (including phenoxy) is 1. The van der Waals surface area contributed by atoms with Crippen molar-refractivity contribution in [2.45, 2.75) is 19.4 Å². The summed E-state index contributed by atoms with van der Waals surface area (Å²) in [6.07, 6.45) is 0. The fourth-order valence-electron chi connectivity index (χ4n) is 2.86. The third-order valence-corrected chi connectivity index (χ3v) is 4.03. The Kier molecular flexibility index (Phi) is 3.01. The minimum Gasteiger partial charge on any atom is -0.464 e. The summed E-state index contributed by atoms with van der Waals surface area (Å²) in [6.45, 7) is 3.43. The first-order valence-electron chi connectivity index (χ1n) is 6.78. The standard InChI is InChI=1S/C15H15N3O4/c1-8-5-4-6-9(7-8)18-12(19)10-11(13(20)22-3)16-17-15(10,2)14(18)21/h4-7,10,17H,1-3H3/t10-,15+/m0/s1. The zero-order valence-electron chi connectivity index (χ0n) is 12.4. The maximum absolute atomic E-state index is 12.7. The Labute approximate surface area is 126 Å². The maximum atomic E-state index is 12.7. The molecule has 2 aliphatic rings. The van der Waals surface area contributed by atoms with Gasteiger partial charge in [-0.1, -0.05) is 12.1 Å². The number of benzene rings is 1. The van der Waals surface area contributed by atoms with E-state index in [1.165, 1.54) is 7.11 Å². The van der Waals surface area contributed by atoms with Crippen molar-refractivity contribution in [3.05, 3.63) is 29.8 Å². The van der Waals surface area contributed by atoms with Crippen LogP contribution in [0, 0.1) is 12.8 Å². The number of fused-ring (bicyclic) bond motifs is 1. The molecule has 114 valence electrons. The molecule has 0 radical (unpaired) electrons. The number of rotatable bonds is 2. The smallest absolute Gasteiger partial charge is 0.355 e. The summed E-state index contributed by atoms with van der Waals surface area (Å²) in [6, 6.07) is 7.07. The molecule has 0 spiro atoms. The van der Waals surface area contributed by atoms with Gasteiger partial charge in [-0.05, 0) is 31.5 Å². The minimum absolute atomic E-state index is 0.0708. The second kappa shape index (κ2) is 4.66. The van der Waals surface area contributed by atoms with Crippen molar-refractivity contribution in [3.63, 3.8) is 0 Å². The summed E-state index contributed by atoms with van der Waals surface area (Å²) >= 11 is 0. The number of aryl methyl sites for hydroxylation is 1. The van der Waals surface area contributed by atoms with Gasteiger partial charge >= 0.3 is 5.97 Å². The van der Waals surface area contributed by atoms with Gasteiger partial charge in [-0.3, -0.25) is 15.0 Å². The number of anilines is 1. The zero-order chi connectivity index (χ0) is 16.1. The second-order valence-electron chi connectivity index (χ2n) is 5.55. The van der Waals surface area contributed by atoms with Gasteiger partial charge in [-0.2, -0.15) is 5.10 Å². The number of methoxy groups -OCH3 is 1. The van der Waals surface area contributed by atoms with Crippen LogP contribution < -0.4 is 10.3 Å². The molecular formula is C15H15N3O4. The van der Waals surface area contributed by atoms with Gasteiger partial charge in [0.05, 0.1) is 12.8 Å². The number of hydrogen-bond acceptors (Lipinski definition) is 6. The number of nitrogens with one attached hydrogen (secondary N) is 1.